The summed E-state index contributed by atoms with van der Waals surface area (Å²) in [6.07, 6.45) is 13.6. The first-order valence-corrected chi connectivity index (χ1v) is 9.96. The van der Waals surface area contributed by atoms with E-state index in [1.165, 1.54) is 64.2 Å². The molecule has 0 aromatic heterocycles. The maximum atomic E-state index is 14.0. The SMILES string of the molecule is O=P(C1CCCC1)(C1CCCC1)[C@@H]1CC[C@@H]2O[C@@H]21. The average molecular weight is 268 g/mol. The quantitative estimate of drug-likeness (QED) is 0.568. The molecule has 0 spiro atoms. The lowest BCUT2D eigenvalue weighted by Crippen LogP contribution is -2.26. The summed E-state index contributed by atoms with van der Waals surface area (Å²) < 4.78 is 19.7. The van der Waals surface area contributed by atoms with Gasteiger partial charge in [0.05, 0.1) is 19.3 Å². The summed E-state index contributed by atoms with van der Waals surface area (Å²) in [6.45, 7) is 0. The third-order valence-electron chi connectivity index (χ3n) is 6.06. The second-order valence-electron chi connectivity index (χ2n) is 6.92. The molecule has 102 valence electrons. The molecular weight excluding hydrogens is 243 g/mol. The van der Waals surface area contributed by atoms with Crippen LogP contribution in [-0.2, 0) is 9.30 Å². The summed E-state index contributed by atoms with van der Waals surface area (Å²) in [5, 5.41) is 0. The molecule has 4 fully saturated rings. The molecule has 0 amide bonds. The first-order valence-electron chi connectivity index (χ1n) is 8.04. The first kappa shape index (κ1) is 12.0. The number of fused-ring (bicyclic) bond motifs is 1. The van der Waals surface area contributed by atoms with Crippen molar-refractivity contribution in [2.24, 2.45) is 0 Å². The van der Waals surface area contributed by atoms with Crippen molar-refractivity contribution >= 4 is 7.14 Å². The maximum Gasteiger partial charge on any atom is 0.0991 e. The van der Waals surface area contributed by atoms with Crippen molar-refractivity contribution in [2.75, 3.05) is 0 Å². The summed E-state index contributed by atoms with van der Waals surface area (Å²) in [7, 11) is -2.00. The molecule has 0 bridgehead atoms. The van der Waals surface area contributed by atoms with Gasteiger partial charge in [0, 0.05) is 17.0 Å². The highest BCUT2D eigenvalue weighted by Gasteiger charge is 2.60. The molecule has 0 aromatic carbocycles. The standard InChI is InChI=1S/C15H25O2P/c16-18(11-5-1-2-6-11,12-7-3-4-8-12)14-10-9-13-15(14)17-13/h11-15H,1-10H2/t13-,14+,15-/m0/s1. The van der Waals surface area contributed by atoms with E-state index in [0.717, 1.165) is 0 Å². The Kier molecular flexibility index (Phi) is 2.89. The van der Waals surface area contributed by atoms with Crippen molar-refractivity contribution in [1.82, 2.24) is 0 Å². The fraction of sp³-hybridized carbons (Fsp3) is 1.00. The van der Waals surface area contributed by atoms with E-state index in [0.29, 0.717) is 29.2 Å². The van der Waals surface area contributed by atoms with Gasteiger partial charge in [-0.05, 0) is 38.5 Å². The fourth-order valence-corrected chi connectivity index (χ4v) is 10.4. The molecule has 3 atom stereocenters. The Morgan fingerprint density at radius 3 is 1.72 bits per heavy atom. The molecule has 3 aliphatic carbocycles. The van der Waals surface area contributed by atoms with Gasteiger partial charge in [0.25, 0.3) is 0 Å². The minimum Gasteiger partial charge on any atom is -0.369 e. The lowest BCUT2D eigenvalue weighted by atomic mass is 10.3. The number of rotatable bonds is 3. The van der Waals surface area contributed by atoms with E-state index in [4.69, 9.17) is 4.74 Å². The maximum absolute atomic E-state index is 14.0. The fourth-order valence-electron chi connectivity index (χ4n) is 5.11. The summed E-state index contributed by atoms with van der Waals surface area (Å²) in [6, 6.07) is 0. The predicted molar refractivity (Wildman–Crippen MR) is 73.8 cm³/mol. The molecule has 4 rings (SSSR count). The highest BCUT2D eigenvalue weighted by atomic mass is 31.2. The van der Waals surface area contributed by atoms with Gasteiger partial charge in [0.2, 0.25) is 0 Å². The van der Waals surface area contributed by atoms with Crippen molar-refractivity contribution in [3.63, 3.8) is 0 Å². The van der Waals surface area contributed by atoms with Crippen LogP contribution in [0.5, 0.6) is 0 Å². The van der Waals surface area contributed by atoms with Crippen molar-refractivity contribution in [3.05, 3.63) is 0 Å². The second kappa shape index (κ2) is 4.35. The van der Waals surface area contributed by atoms with Crippen LogP contribution in [0.3, 0.4) is 0 Å². The van der Waals surface area contributed by atoms with Crippen LogP contribution in [-0.4, -0.2) is 29.2 Å². The van der Waals surface area contributed by atoms with Crippen LogP contribution in [0.1, 0.15) is 64.2 Å². The third-order valence-corrected chi connectivity index (χ3v) is 11.0. The molecule has 0 N–H and O–H groups in total. The monoisotopic (exact) mass is 268 g/mol. The van der Waals surface area contributed by atoms with E-state index in [2.05, 4.69) is 0 Å². The van der Waals surface area contributed by atoms with E-state index >= 15 is 0 Å². The Balaban J connectivity index is 1.65. The Labute approximate surface area is 110 Å². The number of hydrogen-bond donors (Lipinski definition) is 0. The summed E-state index contributed by atoms with van der Waals surface area (Å²) >= 11 is 0. The Hall–Kier alpha value is 0.190. The van der Waals surface area contributed by atoms with Gasteiger partial charge >= 0.3 is 0 Å². The second-order valence-corrected chi connectivity index (χ2v) is 10.6. The zero-order valence-corrected chi connectivity index (χ0v) is 12.1. The molecule has 0 aromatic rings. The van der Waals surface area contributed by atoms with E-state index in [1.807, 2.05) is 0 Å². The van der Waals surface area contributed by atoms with Gasteiger partial charge in [-0.15, -0.1) is 0 Å². The van der Waals surface area contributed by atoms with Crippen LogP contribution in [0.15, 0.2) is 0 Å². The third kappa shape index (κ3) is 1.68. The van der Waals surface area contributed by atoms with Crippen LogP contribution in [0.4, 0.5) is 0 Å². The van der Waals surface area contributed by atoms with Crippen molar-refractivity contribution < 1.29 is 9.30 Å². The molecule has 18 heavy (non-hydrogen) atoms. The van der Waals surface area contributed by atoms with Gasteiger partial charge in [-0.3, -0.25) is 0 Å². The minimum absolute atomic E-state index is 0.414. The number of ether oxygens (including phenoxy) is 1. The van der Waals surface area contributed by atoms with Crippen molar-refractivity contribution in [3.8, 4) is 0 Å². The highest BCUT2D eigenvalue weighted by molar-refractivity contribution is 7.66. The van der Waals surface area contributed by atoms with E-state index in [1.54, 1.807) is 0 Å². The van der Waals surface area contributed by atoms with Crippen molar-refractivity contribution in [1.29, 1.82) is 0 Å². The predicted octanol–water partition coefficient (Wildman–Crippen LogP) is 4.16. The van der Waals surface area contributed by atoms with Crippen molar-refractivity contribution in [2.45, 2.75) is 93.4 Å². The van der Waals surface area contributed by atoms with Crippen LogP contribution in [0, 0.1) is 0 Å². The molecule has 1 aliphatic heterocycles. The highest BCUT2D eigenvalue weighted by Crippen LogP contribution is 2.71. The lowest BCUT2D eigenvalue weighted by molar-refractivity contribution is 0.320. The van der Waals surface area contributed by atoms with Gasteiger partial charge in [-0.25, -0.2) is 0 Å². The van der Waals surface area contributed by atoms with Crippen LogP contribution >= 0.6 is 7.14 Å². The molecule has 1 saturated heterocycles. The van der Waals surface area contributed by atoms with Gasteiger partial charge in [-0.2, -0.15) is 0 Å². The number of hydrogen-bond acceptors (Lipinski definition) is 2. The number of epoxide rings is 1. The molecular formula is C15H25O2P. The normalized spacial score (nSPS) is 41.4. The van der Waals surface area contributed by atoms with Gasteiger partial charge in [0.15, 0.2) is 0 Å². The molecule has 0 radical (unpaired) electrons. The summed E-state index contributed by atoms with van der Waals surface area (Å²) in [5.74, 6) is 0. The van der Waals surface area contributed by atoms with E-state index in [9.17, 15) is 4.57 Å². The van der Waals surface area contributed by atoms with E-state index < -0.39 is 7.14 Å². The lowest BCUT2D eigenvalue weighted by Gasteiger charge is -2.35. The molecule has 1 heterocycles. The largest absolute Gasteiger partial charge is 0.369 e. The molecule has 3 saturated carbocycles. The minimum atomic E-state index is -2.00. The summed E-state index contributed by atoms with van der Waals surface area (Å²) in [4.78, 5) is 0. The van der Waals surface area contributed by atoms with Crippen LogP contribution < -0.4 is 0 Å². The summed E-state index contributed by atoms with van der Waals surface area (Å²) in [5.41, 5.74) is 1.62. The Morgan fingerprint density at radius 2 is 1.33 bits per heavy atom. The Morgan fingerprint density at radius 1 is 0.778 bits per heavy atom. The first-order chi connectivity index (χ1) is 8.80. The van der Waals surface area contributed by atoms with Gasteiger partial charge in [-0.1, -0.05) is 25.7 Å². The molecule has 0 unspecified atom stereocenters. The van der Waals surface area contributed by atoms with Crippen LogP contribution in [0.25, 0.3) is 0 Å². The topological polar surface area (TPSA) is 29.6 Å². The van der Waals surface area contributed by atoms with Gasteiger partial charge in [0.1, 0.15) is 0 Å². The zero-order valence-electron chi connectivity index (χ0n) is 11.2. The Bertz CT molecular complexity index is 349. The molecule has 3 heteroatoms. The zero-order chi connectivity index (χ0) is 12.2. The molecule has 2 nitrogen and oxygen atoms in total. The van der Waals surface area contributed by atoms with E-state index in [-0.39, 0.29) is 0 Å². The smallest absolute Gasteiger partial charge is 0.0991 e. The molecule has 4 aliphatic rings. The van der Waals surface area contributed by atoms with Gasteiger partial charge < -0.3 is 9.30 Å². The average Bonchev–Trinajstić information content (AvgIpc) is 2.97. The van der Waals surface area contributed by atoms with Crippen LogP contribution in [0.2, 0.25) is 0 Å².